The first-order valence-corrected chi connectivity index (χ1v) is 8.76. The Kier molecular flexibility index (Phi) is 5.47. The van der Waals surface area contributed by atoms with E-state index in [0.29, 0.717) is 31.9 Å². The zero-order valence-corrected chi connectivity index (χ0v) is 15.5. The van der Waals surface area contributed by atoms with E-state index in [4.69, 9.17) is 14.2 Å². The summed E-state index contributed by atoms with van der Waals surface area (Å²) in [5.74, 6) is 1.44. The van der Waals surface area contributed by atoms with E-state index < -0.39 is 0 Å². The molecule has 0 aromatic heterocycles. The van der Waals surface area contributed by atoms with E-state index in [1.54, 1.807) is 7.11 Å². The highest BCUT2D eigenvalue weighted by Crippen LogP contribution is 2.34. The van der Waals surface area contributed by atoms with Crippen LogP contribution >= 0.6 is 0 Å². The number of rotatable bonds is 6. The molecule has 138 valence electrons. The third kappa shape index (κ3) is 3.99. The molecule has 1 aliphatic rings. The maximum absolute atomic E-state index is 12.6. The van der Waals surface area contributed by atoms with Crippen LogP contribution < -0.4 is 14.8 Å². The molecule has 0 radical (unpaired) electrons. The zero-order chi connectivity index (χ0) is 18.6. The van der Waals surface area contributed by atoms with Crippen LogP contribution in [0.25, 0.3) is 0 Å². The topological polar surface area (TPSA) is 56.8 Å². The molecule has 3 rings (SSSR count). The van der Waals surface area contributed by atoms with E-state index in [9.17, 15) is 4.79 Å². The van der Waals surface area contributed by atoms with Crippen LogP contribution in [-0.4, -0.2) is 32.8 Å². The van der Waals surface area contributed by atoms with Gasteiger partial charge >= 0.3 is 0 Å². The van der Waals surface area contributed by atoms with Crippen LogP contribution in [0.4, 0.5) is 0 Å². The van der Waals surface area contributed by atoms with Crippen molar-refractivity contribution < 1.29 is 19.0 Å². The minimum atomic E-state index is -0.248. The molecule has 1 N–H and O–H groups in total. The first-order valence-electron chi connectivity index (χ1n) is 8.76. The van der Waals surface area contributed by atoms with Crippen molar-refractivity contribution in [3.63, 3.8) is 0 Å². The second-order valence-corrected chi connectivity index (χ2v) is 7.02. The van der Waals surface area contributed by atoms with Gasteiger partial charge < -0.3 is 19.5 Å². The number of carbonyl (C=O) groups excluding carboxylic acids is 1. The van der Waals surface area contributed by atoms with Crippen LogP contribution in [-0.2, 0) is 16.8 Å². The van der Waals surface area contributed by atoms with Gasteiger partial charge in [-0.25, -0.2) is 0 Å². The summed E-state index contributed by atoms with van der Waals surface area (Å²) in [5.41, 5.74) is 2.37. The molecule has 0 atom stereocenters. The molecule has 5 heteroatoms. The van der Waals surface area contributed by atoms with Gasteiger partial charge in [0, 0.05) is 24.6 Å². The standard InChI is InChI=1S/C21H25NO4/c1-21(2,16-8-9-18-19(12-16)26-11-10-25-18)14-22-20(23)17-7-5-4-6-15(17)13-24-3/h4-9,12H,10-11,13-14H2,1-3H3,(H,22,23). The molecule has 1 heterocycles. The minimum absolute atomic E-state index is 0.0942. The number of carbonyl (C=O) groups is 1. The van der Waals surface area contributed by atoms with E-state index in [1.165, 1.54) is 0 Å². The van der Waals surface area contributed by atoms with Crippen LogP contribution in [0.15, 0.2) is 42.5 Å². The van der Waals surface area contributed by atoms with Gasteiger partial charge in [-0.15, -0.1) is 0 Å². The predicted molar refractivity (Wildman–Crippen MR) is 99.9 cm³/mol. The Hall–Kier alpha value is -2.53. The number of nitrogens with one attached hydrogen (secondary N) is 1. The van der Waals surface area contributed by atoms with Crippen molar-refractivity contribution in [2.45, 2.75) is 25.9 Å². The van der Waals surface area contributed by atoms with Gasteiger partial charge in [-0.1, -0.05) is 38.1 Å². The first-order chi connectivity index (χ1) is 12.5. The molecule has 26 heavy (non-hydrogen) atoms. The fourth-order valence-corrected chi connectivity index (χ4v) is 2.99. The van der Waals surface area contributed by atoms with Crippen LogP contribution in [0.3, 0.4) is 0 Å². The largest absolute Gasteiger partial charge is 0.486 e. The van der Waals surface area contributed by atoms with Gasteiger partial charge in [-0.2, -0.15) is 0 Å². The van der Waals surface area contributed by atoms with Gasteiger partial charge in [-0.05, 0) is 29.3 Å². The number of hydrogen-bond acceptors (Lipinski definition) is 4. The summed E-state index contributed by atoms with van der Waals surface area (Å²) in [5, 5.41) is 3.05. The Bertz CT molecular complexity index is 785. The number of hydrogen-bond donors (Lipinski definition) is 1. The smallest absolute Gasteiger partial charge is 0.251 e. The van der Waals surface area contributed by atoms with Gasteiger partial charge in [0.15, 0.2) is 11.5 Å². The minimum Gasteiger partial charge on any atom is -0.486 e. The Balaban J connectivity index is 1.71. The molecule has 0 spiro atoms. The third-order valence-electron chi connectivity index (χ3n) is 4.58. The van der Waals surface area contributed by atoms with E-state index in [-0.39, 0.29) is 11.3 Å². The molecule has 0 saturated heterocycles. The maximum atomic E-state index is 12.6. The molecular weight excluding hydrogens is 330 g/mol. The number of methoxy groups -OCH3 is 1. The van der Waals surface area contributed by atoms with Gasteiger partial charge in [0.2, 0.25) is 0 Å². The van der Waals surface area contributed by atoms with E-state index >= 15 is 0 Å². The van der Waals surface area contributed by atoms with Crippen molar-refractivity contribution in [2.75, 3.05) is 26.9 Å². The average molecular weight is 355 g/mol. The Labute approximate surface area is 154 Å². The highest BCUT2D eigenvalue weighted by Gasteiger charge is 2.24. The Morgan fingerprint density at radius 1 is 1.12 bits per heavy atom. The van der Waals surface area contributed by atoms with E-state index in [0.717, 1.165) is 22.6 Å². The average Bonchev–Trinajstić information content (AvgIpc) is 2.66. The molecule has 0 bridgehead atoms. The number of amides is 1. The first kappa shape index (κ1) is 18.3. The van der Waals surface area contributed by atoms with Crippen molar-refractivity contribution >= 4 is 5.91 Å². The summed E-state index contributed by atoms with van der Waals surface area (Å²) >= 11 is 0. The third-order valence-corrected chi connectivity index (χ3v) is 4.58. The molecular formula is C21H25NO4. The summed E-state index contributed by atoms with van der Waals surface area (Å²) in [6.07, 6.45) is 0. The van der Waals surface area contributed by atoms with E-state index in [2.05, 4.69) is 19.2 Å². The Morgan fingerprint density at radius 2 is 1.85 bits per heavy atom. The van der Waals surface area contributed by atoms with E-state index in [1.807, 2.05) is 42.5 Å². The van der Waals surface area contributed by atoms with Crippen molar-refractivity contribution in [3.8, 4) is 11.5 Å². The van der Waals surface area contributed by atoms with Gasteiger partial charge in [0.25, 0.3) is 5.91 Å². The normalized spacial score (nSPS) is 13.3. The predicted octanol–water partition coefficient (Wildman–Crippen LogP) is 3.31. The molecule has 0 aliphatic carbocycles. The van der Waals surface area contributed by atoms with Crippen LogP contribution in [0, 0.1) is 0 Å². The number of benzene rings is 2. The summed E-state index contributed by atoms with van der Waals surface area (Å²) in [6.45, 7) is 6.25. The summed E-state index contributed by atoms with van der Waals surface area (Å²) in [4.78, 5) is 12.6. The molecule has 1 aliphatic heterocycles. The van der Waals surface area contributed by atoms with Gasteiger partial charge in [0.05, 0.1) is 6.61 Å². The van der Waals surface area contributed by atoms with Crippen molar-refractivity contribution in [2.24, 2.45) is 0 Å². The molecule has 0 fully saturated rings. The summed E-state index contributed by atoms with van der Waals surface area (Å²) < 4.78 is 16.4. The lowest BCUT2D eigenvalue weighted by molar-refractivity contribution is 0.0940. The van der Waals surface area contributed by atoms with Gasteiger partial charge in [-0.3, -0.25) is 4.79 Å². The van der Waals surface area contributed by atoms with Crippen LogP contribution in [0.5, 0.6) is 11.5 Å². The lowest BCUT2D eigenvalue weighted by Gasteiger charge is -2.28. The second kappa shape index (κ2) is 7.79. The quantitative estimate of drug-likeness (QED) is 0.864. The molecule has 0 unspecified atom stereocenters. The SMILES string of the molecule is COCc1ccccc1C(=O)NCC(C)(C)c1ccc2c(c1)OCCO2. The van der Waals surface area contributed by atoms with Crippen LogP contribution in [0.2, 0.25) is 0 Å². The lowest BCUT2D eigenvalue weighted by atomic mass is 9.84. The lowest BCUT2D eigenvalue weighted by Crippen LogP contribution is -2.37. The molecule has 0 saturated carbocycles. The highest BCUT2D eigenvalue weighted by molar-refractivity contribution is 5.95. The molecule has 2 aromatic carbocycles. The summed E-state index contributed by atoms with van der Waals surface area (Å²) in [6, 6.07) is 13.5. The number of ether oxygens (including phenoxy) is 3. The fraction of sp³-hybridized carbons (Fsp3) is 0.381. The van der Waals surface area contributed by atoms with Crippen molar-refractivity contribution in [1.29, 1.82) is 0 Å². The fourth-order valence-electron chi connectivity index (χ4n) is 2.99. The Morgan fingerprint density at radius 3 is 2.62 bits per heavy atom. The second-order valence-electron chi connectivity index (χ2n) is 7.02. The van der Waals surface area contributed by atoms with Crippen molar-refractivity contribution in [3.05, 3.63) is 59.2 Å². The number of fused-ring (bicyclic) bond motifs is 1. The van der Waals surface area contributed by atoms with Crippen LogP contribution in [0.1, 0.15) is 35.3 Å². The molecule has 2 aromatic rings. The zero-order valence-electron chi connectivity index (χ0n) is 15.5. The van der Waals surface area contributed by atoms with Crippen molar-refractivity contribution in [1.82, 2.24) is 5.32 Å². The molecule has 1 amide bonds. The molecule has 5 nitrogen and oxygen atoms in total. The maximum Gasteiger partial charge on any atom is 0.251 e. The highest BCUT2D eigenvalue weighted by atomic mass is 16.6. The summed E-state index contributed by atoms with van der Waals surface area (Å²) in [7, 11) is 1.62. The monoisotopic (exact) mass is 355 g/mol. The van der Waals surface area contributed by atoms with Gasteiger partial charge in [0.1, 0.15) is 13.2 Å².